The molecule has 1 atom stereocenters. The smallest absolute Gasteiger partial charge is 0.215 e. The maximum absolute atomic E-state index is 11.5. The quantitative estimate of drug-likeness (QED) is 0.643. The van der Waals surface area contributed by atoms with Crippen LogP contribution in [0.5, 0.6) is 0 Å². The molecule has 1 rings (SSSR count). The van der Waals surface area contributed by atoms with E-state index in [9.17, 15) is 8.42 Å². The monoisotopic (exact) mass is 208 g/mol. The second-order valence-electron chi connectivity index (χ2n) is 3.14. The molecule has 0 aromatic carbocycles. The highest BCUT2D eigenvalue weighted by molar-refractivity contribution is 7.89. The van der Waals surface area contributed by atoms with Crippen molar-refractivity contribution in [1.82, 2.24) is 4.31 Å². The van der Waals surface area contributed by atoms with Crippen LogP contribution >= 0.6 is 0 Å². The molecule has 0 aromatic heterocycles. The summed E-state index contributed by atoms with van der Waals surface area (Å²) in [6.45, 7) is 1.31. The molecule has 1 heterocycles. The molecule has 1 aliphatic heterocycles. The molecule has 1 saturated heterocycles. The molecule has 0 amide bonds. The van der Waals surface area contributed by atoms with Crippen LogP contribution in [0.3, 0.4) is 0 Å². The summed E-state index contributed by atoms with van der Waals surface area (Å²) in [5, 5.41) is 0. The first-order chi connectivity index (χ1) is 6.08. The van der Waals surface area contributed by atoms with E-state index in [1.54, 1.807) is 7.05 Å². The summed E-state index contributed by atoms with van der Waals surface area (Å²) in [6.07, 6.45) is 0.778. The molecular formula is C7H16N2O3S. The van der Waals surface area contributed by atoms with Crippen molar-refractivity contribution in [2.45, 2.75) is 12.5 Å². The number of nitrogens with zero attached hydrogens (tertiary/aromatic N) is 1. The van der Waals surface area contributed by atoms with Crippen molar-refractivity contribution in [2.75, 3.05) is 32.6 Å². The first-order valence-corrected chi connectivity index (χ1v) is 5.92. The van der Waals surface area contributed by atoms with Crippen molar-refractivity contribution in [1.29, 1.82) is 0 Å². The van der Waals surface area contributed by atoms with E-state index < -0.39 is 10.0 Å². The molecule has 1 unspecified atom stereocenters. The van der Waals surface area contributed by atoms with E-state index in [0.29, 0.717) is 13.2 Å². The van der Waals surface area contributed by atoms with Crippen LogP contribution in [0, 0.1) is 0 Å². The highest BCUT2D eigenvalue weighted by atomic mass is 32.2. The third-order valence-electron chi connectivity index (χ3n) is 2.23. The van der Waals surface area contributed by atoms with Gasteiger partial charge in [-0.3, -0.25) is 0 Å². The fourth-order valence-electron chi connectivity index (χ4n) is 1.33. The van der Waals surface area contributed by atoms with E-state index in [2.05, 4.69) is 0 Å². The Kier molecular flexibility index (Phi) is 3.66. The van der Waals surface area contributed by atoms with Gasteiger partial charge in [0.1, 0.15) is 0 Å². The lowest BCUT2D eigenvalue weighted by molar-refractivity contribution is 0.181. The predicted octanol–water partition coefficient (Wildman–Crippen LogP) is -1.00. The molecule has 1 fully saturated rings. The predicted molar refractivity (Wildman–Crippen MR) is 49.8 cm³/mol. The van der Waals surface area contributed by atoms with E-state index in [4.69, 9.17) is 10.5 Å². The zero-order valence-corrected chi connectivity index (χ0v) is 8.59. The molecule has 0 aliphatic carbocycles. The Labute approximate surface area is 78.9 Å². The van der Waals surface area contributed by atoms with Crippen molar-refractivity contribution < 1.29 is 13.2 Å². The largest absolute Gasteiger partial charge is 0.380 e. The number of ether oxygens (including phenoxy) is 1. The minimum absolute atomic E-state index is 0.00319. The molecule has 0 spiro atoms. The molecule has 0 saturated carbocycles. The van der Waals surface area contributed by atoms with Gasteiger partial charge in [-0.05, 0) is 6.42 Å². The van der Waals surface area contributed by atoms with Gasteiger partial charge in [-0.15, -0.1) is 0 Å². The molecule has 5 nitrogen and oxygen atoms in total. The molecular weight excluding hydrogens is 192 g/mol. The number of hydrogen-bond acceptors (Lipinski definition) is 4. The van der Waals surface area contributed by atoms with Crippen LogP contribution in [-0.2, 0) is 14.8 Å². The SMILES string of the molecule is CN(C1CCOC1)S(=O)(=O)CCN. The Balaban J connectivity index is 2.59. The summed E-state index contributed by atoms with van der Waals surface area (Å²) in [4.78, 5) is 0. The Morgan fingerprint density at radius 3 is 2.77 bits per heavy atom. The fraction of sp³-hybridized carbons (Fsp3) is 1.00. The third-order valence-corrected chi connectivity index (χ3v) is 4.16. The van der Waals surface area contributed by atoms with Crippen LogP contribution < -0.4 is 5.73 Å². The molecule has 0 radical (unpaired) electrons. The van der Waals surface area contributed by atoms with Crippen molar-refractivity contribution in [2.24, 2.45) is 5.73 Å². The van der Waals surface area contributed by atoms with Crippen molar-refractivity contribution in [3.63, 3.8) is 0 Å². The van der Waals surface area contributed by atoms with Gasteiger partial charge in [0.25, 0.3) is 0 Å². The van der Waals surface area contributed by atoms with Crippen LogP contribution in [0.25, 0.3) is 0 Å². The fourth-order valence-corrected chi connectivity index (χ4v) is 2.54. The van der Waals surface area contributed by atoms with Gasteiger partial charge < -0.3 is 10.5 Å². The summed E-state index contributed by atoms with van der Waals surface area (Å²) >= 11 is 0. The average molecular weight is 208 g/mol. The van der Waals surface area contributed by atoms with E-state index >= 15 is 0 Å². The normalized spacial score (nSPS) is 24.1. The lowest BCUT2D eigenvalue weighted by Gasteiger charge is -2.21. The van der Waals surface area contributed by atoms with Gasteiger partial charge in [-0.2, -0.15) is 4.31 Å². The van der Waals surface area contributed by atoms with Crippen LogP contribution in [0.2, 0.25) is 0 Å². The molecule has 78 valence electrons. The van der Waals surface area contributed by atoms with Crippen molar-refractivity contribution in [3.05, 3.63) is 0 Å². The van der Waals surface area contributed by atoms with Crippen LogP contribution in [0.4, 0.5) is 0 Å². The zero-order valence-electron chi connectivity index (χ0n) is 7.77. The van der Waals surface area contributed by atoms with Gasteiger partial charge in [-0.1, -0.05) is 0 Å². The molecule has 2 N–H and O–H groups in total. The highest BCUT2D eigenvalue weighted by Gasteiger charge is 2.28. The lowest BCUT2D eigenvalue weighted by Crippen LogP contribution is -2.40. The van der Waals surface area contributed by atoms with E-state index in [1.165, 1.54) is 4.31 Å². The van der Waals surface area contributed by atoms with Crippen molar-refractivity contribution >= 4 is 10.0 Å². The molecule has 1 aliphatic rings. The first-order valence-electron chi connectivity index (χ1n) is 4.31. The van der Waals surface area contributed by atoms with E-state index in [1.807, 2.05) is 0 Å². The molecule has 6 heteroatoms. The van der Waals surface area contributed by atoms with Crippen LogP contribution in [-0.4, -0.2) is 51.3 Å². The summed E-state index contributed by atoms with van der Waals surface area (Å²) in [6, 6.07) is -0.00319. The maximum atomic E-state index is 11.5. The average Bonchev–Trinajstić information content (AvgIpc) is 2.54. The zero-order chi connectivity index (χ0) is 9.90. The van der Waals surface area contributed by atoms with Crippen LogP contribution in [0.1, 0.15) is 6.42 Å². The summed E-state index contributed by atoms with van der Waals surface area (Å²) < 4.78 is 29.5. The molecule has 13 heavy (non-hydrogen) atoms. The third kappa shape index (κ3) is 2.63. The summed E-state index contributed by atoms with van der Waals surface area (Å²) in [5.74, 6) is 0.0139. The van der Waals surface area contributed by atoms with Gasteiger partial charge >= 0.3 is 0 Å². The van der Waals surface area contributed by atoms with Gasteiger partial charge in [0.15, 0.2) is 0 Å². The summed E-state index contributed by atoms with van der Waals surface area (Å²) in [7, 11) is -1.58. The Morgan fingerprint density at radius 1 is 1.62 bits per heavy atom. The van der Waals surface area contributed by atoms with Gasteiger partial charge in [0, 0.05) is 20.2 Å². The Bertz CT molecular complexity index is 246. The lowest BCUT2D eigenvalue weighted by atomic mass is 10.3. The summed E-state index contributed by atoms with van der Waals surface area (Å²) in [5.41, 5.74) is 5.21. The minimum atomic E-state index is -3.17. The van der Waals surface area contributed by atoms with Crippen LogP contribution in [0.15, 0.2) is 0 Å². The molecule has 0 bridgehead atoms. The Hall–Kier alpha value is -0.170. The second kappa shape index (κ2) is 4.36. The first kappa shape index (κ1) is 10.9. The van der Waals surface area contributed by atoms with Crippen molar-refractivity contribution in [3.8, 4) is 0 Å². The van der Waals surface area contributed by atoms with E-state index in [0.717, 1.165) is 6.42 Å². The number of rotatable bonds is 4. The molecule has 0 aromatic rings. The second-order valence-corrected chi connectivity index (χ2v) is 5.29. The number of likely N-dealkylation sites (N-methyl/N-ethyl adjacent to an activating group) is 1. The topological polar surface area (TPSA) is 72.6 Å². The number of sulfonamides is 1. The maximum Gasteiger partial charge on any atom is 0.215 e. The Morgan fingerprint density at radius 2 is 2.31 bits per heavy atom. The van der Waals surface area contributed by atoms with Gasteiger partial charge in [-0.25, -0.2) is 8.42 Å². The highest BCUT2D eigenvalue weighted by Crippen LogP contribution is 2.13. The number of hydrogen-bond donors (Lipinski definition) is 1. The standard InChI is InChI=1S/C7H16N2O3S/c1-9(7-2-4-12-6-7)13(10,11)5-3-8/h7H,2-6,8H2,1H3. The van der Waals surface area contributed by atoms with Gasteiger partial charge in [0.2, 0.25) is 10.0 Å². The van der Waals surface area contributed by atoms with Gasteiger partial charge in [0.05, 0.1) is 18.4 Å². The minimum Gasteiger partial charge on any atom is -0.380 e. The number of nitrogens with two attached hydrogens (primary N) is 1. The van der Waals surface area contributed by atoms with E-state index in [-0.39, 0.29) is 18.3 Å².